The van der Waals surface area contributed by atoms with E-state index in [-0.39, 0.29) is 12.6 Å². The molecule has 0 bridgehead atoms. The van der Waals surface area contributed by atoms with Crippen molar-refractivity contribution < 1.29 is 17.9 Å². The third kappa shape index (κ3) is 2.78. The Morgan fingerprint density at radius 2 is 1.86 bits per heavy atom. The summed E-state index contributed by atoms with van der Waals surface area (Å²) >= 11 is 5.84. The zero-order valence-electron chi connectivity index (χ0n) is 11.5. The molecule has 0 aromatic heterocycles. The maximum absolute atomic E-state index is 13.1. The van der Waals surface area contributed by atoms with E-state index in [0.29, 0.717) is 33.9 Å². The predicted octanol–water partition coefficient (Wildman–Crippen LogP) is 4.29. The standard InChI is InChI=1S/C16H13ClF3NO/c17-12-3-1-9(2-4-12)14-7-11(16(18,19)20)5-10-6-13(8-21)22-15(10)14/h1-5,7,13H,6,8,21H2. The first-order valence-corrected chi connectivity index (χ1v) is 7.13. The maximum atomic E-state index is 13.1. The number of nitrogens with two attached hydrogens (primary N) is 1. The molecule has 2 aromatic carbocycles. The molecule has 0 amide bonds. The SMILES string of the molecule is NCC1Cc2cc(C(F)(F)F)cc(-c3ccc(Cl)cc3)c2O1. The van der Waals surface area contributed by atoms with Gasteiger partial charge in [-0.1, -0.05) is 23.7 Å². The van der Waals surface area contributed by atoms with Crippen LogP contribution in [0.25, 0.3) is 11.1 Å². The zero-order valence-corrected chi connectivity index (χ0v) is 12.2. The lowest BCUT2D eigenvalue weighted by molar-refractivity contribution is -0.137. The third-order valence-corrected chi connectivity index (χ3v) is 3.90. The van der Waals surface area contributed by atoms with Crippen molar-refractivity contribution in [3.63, 3.8) is 0 Å². The van der Waals surface area contributed by atoms with Gasteiger partial charge in [0.15, 0.2) is 0 Å². The molecule has 0 aliphatic carbocycles. The van der Waals surface area contributed by atoms with Crippen LogP contribution in [0, 0.1) is 0 Å². The molecule has 1 heterocycles. The van der Waals surface area contributed by atoms with Crippen molar-refractivity contribution in [2.24, 2.45) is 5.73 Å². The van der Waals surface area contributed by atoms with Gasteiger partial charge in [0.2, 0.25) is 0 Å². The number of hydrogen-bond donors (Lipinski definition) is 1. The number of rotatable bonds is 2. The topological polar surface area (TPSA) is 35.2 Å². The Labute approximate surface area is 130 Å². The van der Waals surface area contributed by atoms with E-state index in [2.05, 4.69) is 0 Å². The van der Waals surface area contributed by atoms with Crippen LogP contribution in [-0.2, 0) is 12.6 Å². The molecule has 1 aliphatic rings. The molecule has 116 valence electrons. The van der Waals surface area contributed by atoms with E-state index in [1.165, 1.54) is 0 Å². The molecule has 2 aromatic rings. The molecular weight excluding hydrogens is 315 g/mol. The molecule has 0 spiro atoms. The van der Waals surface area contributed by atoms with Crippen LogP contribution in [0.15, 0.2) is 36.4 Å². The Bertz CT molecular complexity index is 698. The second kappa shape index (κ2) is 5.48. The Morgan fingerprint density at radius 1 is 1.18 bits per heavy atom. The lowest BCUT2D eigenvalue weighted by atomic mass is 9.97. The minimum absolute atomic E-state index is 0.260. The monoisotopic (exact) mass is 327 g/mol. The molecule has 1 atom stereocenters. The highest BCUT2D eigenvalue weighted by molar-refractivity contribution is 6.30. The lowest BCUT2D eigenvalue weighted by Gasteiger charge is -2.14. The van der Waals surface area contributed by atoms with Gasteiger partial charge in [0.25, 0.3) is 0 Å². The molecule has 2 N–H and O–H groups in total. The first-order chi connectivity index (χ1) is 10.4. The summed E-state index contributed by atoms with van der Waals surface area (Å²) in [5.41, 5.74) is 6.48. The highest BCUT2D eigenvalue weighted by Crippen LogP contribution is 2.43. The first kappa shape index (κ1) is 15.2. The number of alkyl halides is 3. The first-order valence-electron chi connectivity index (χ1n) is 6.75. The van der Waals surface area contributed by atoms with Crippen LogP contribution in [0.2, 0.25) is 5.02 Å². The predicted molar refractivity (Wildman–Crippen MR) is 79.1 cm³/mol. The average molecular weight is 328 g/mol. The van der Waals surface area contributed by atoms with Gasteiger partial charge < -0.3 is 10.5 Å². The van der Waals surface area contributed by atoms with Crippen LogP contribution < -0.4 is 10.5 Å². The van der Waals surface area contributed by atoms with Crippen molar-refractivity contribution in [3.05, 3.63) is 52.5 Å². The Morgan fingerprint density at radius 3 is 2.45 bits per heavy atom. The fourth-order valence-corrected chi connectivity index (χ4v) is 2.70. The quantitative estimate of drug-likeness (QED) is 0.893. The minimum Gasteiger partial charge on any atom is -0.488 e. The van der Waals surface area contributed by atoms with Crippen LogP contribution in [0.4, 0.5) is 13.2 Å². The Kier molecular flexibility index (Phi) is 3.78. The van der Waals surface area contributed by atoms with Gasteiger partial charge in [-0.2, -0.15) is 13.2 Å². The van der Waals surface area contributed by atoms with Gasteiger partial charge in [0, 0.05) is 23.6 Å². The number of fused-ring (bicyclic) bond motifs is 1. The van der Waals surface area contributed by atoms with Crippen molar-refractivity contribution in [2.75, 3.05) is 6.54 Å². The second-order valence-electron chi connectivity index (χ2n) is 5.20. The summed E-state index contributed by atoms with van der Waals surface area (Å²) in [5.74, 6) is 0.478. The van der Waals surface area contributed by atoms with Crippen LogP contribution in [-0.4, -0.2) is 12.6 Å². The summed E-state index contributed by atoms with van der Waals surface area (Å²) in [5, 5.41) is 0.521. The smallest absolute Gasteiger partial charge is 0.416 e. The number of benzene rings is 2. The van der Waals surface area contributed by atoms with Gasteiger partial charge in [-0.25, -0.2) is 0 Å². The van der Waals surface area contributed by atoms with E-state index in [1.54, 1.807) is 24.3 Å². The molecule has 0 saturated heterocycles. The van der Waals surface area contributed by atoms with Gasteiger partial charge in [-0.05, 0) is 35.4 Å². The van der Waals surface area contributed by atoms with E-state index >= 15 is 0 Å². The summed E-state index contributed by atoms with van der Waals surface area (Å²) in [6, 6.07) is 8.89. The van der Waals surface area contributed by atoms with Crippen molar-refractivity contribution in [1.29, 1.82) is 0 Å². The van der Waals surface area contributed by atoms with Crippen LogP contribution in [0.3, 0.4) is 0 Å². The fourth-order valence-electron chi connectivity index (χ4n) is 2.57. The summed E-state index contributed by atoms with van der Waals surface area (Å²) in [4.78, 5) is 0. The molecule has 2 nitrogen and oxygen atoms in total. The van der Waals surface area contributed by atoms with Crippen LogP contribution in [0.1, 0.15) is 11.1 Å². The maximum Gasteiger partial charge on any atom is 0.416 e. The normalized spacial score (nSPS) is 17.2. The Balaban J connectivity index is 2.16. The minimum atomic E-state index is -4.41. The Hall–Kier alpha value is -1.72. The summed E-state index contributed by atoms with van der Waals surface area (Å²) < 4.78 is 45.0. The highest BCUT2D eigenvalue weighted by atomic mass is 35.5. The molecule has 22 heavy (non-hydrogen) atoms. The van der Waals surface area contributed by atoms with Crippen molar-refractivity contribution >= 4 is 11.6 Å². The highest BCUT2D eigenvalue weighted by Gasteiger charge is 2.35. The molecule has 0 saturated carbocycles. The van der Waals surface area contributed by atoms with Crippen LogP contribution in [0.5, 0.6) is 5.75 Å². The van der Waals surface area contributed by atoms with E-state index in [4.69, 9.17) is 22.1 Å². The summed E-state index contributed by atoms with van der Waals surface area (Å²) in [7, 11) is 0. The van der Waals surface area contributed by atoms with Crippen LogP contribution >= 0.6 is 11.6 Å². The van der Waals surface area contributed by atoms with E-state index in [1.807, 2.05) is 0 Å². The average Bonchev–Trinajstić information content (AvgIpc) is 2.89. The van der Waals surface area contributed by atoms with Gasteiger partial charge >= 0.3 is 6.18 Å². The zero-order chi connectivity index (χ0) is 15.9. The largest absolute Gasteiger partial charge is 0.488 e. The molecule has 1 unspecified atom stereocenters. The van der Waals surface area contributed by atoms with E-state index in [9.17, 15) is 13.2 Å². The third-order valence-electron chi connectivity index (χ3n) is 3.64. The van der Waals surface area contributed by atoms with Crippen molar-refractivity contribution in [1.82, 2.24) is 0 Å². The molecule has 0 fully saturated rings. The van der Waals surface area contributed by atoms with Crippen molar-refractivity contribution in [3.8, 4) is 16.9 Å². The summed E-state index contributed by atoms with van der Waals surface area (Å²) in [6.07, 6.45) is -4.31. The number of hydrogen-bond acceptors (Lipinski definition) is 2. The van der Waals surface area contributed by atoms with Gasteiger partial charge in [-0.3, -0.25) is 0 Å². The van der Waals surface area contributed by atoms with Gasteiger partial charge in [0.05, 0.1) is 5.56 Å². The molecule has 1 aliphatic heterocycles. The van der Waals surface area contributed by atoms with Crippen molar-refractivity contribution in [2.45, 2.75) is 18.7 Å². The molecule has 3 rings (SSSR count). The van der Waals surface area contributed by atoms with Gasteiger partial charge in [-0.15, -0.1) is 0 Å². The lowest BCUT2D eigenvalue weighted by Crippen LogP contribution is -2.24. The van der Waals surface area contributed by atoms with E-state index in [0.717, 1.165) is 12.1 Å². The van der Waals surface area contributed by atoms with Gasteiger partial charge in [0.1, 0.15) is 11.9 Å². The fraction of sp³-hybridized carbons (Fsp3) is 0.250. The number of halogens is 4. The molecular formula is C16H13ClF3NO. The summed E-state index contributed by atoms with van der Waals surface area (Å²) in [6.45, 7) is 0.260. The van der Waals surface area contributed by atoms with E-state index < -0.39 is 11.7 Å². The molecule has 0 radical (unpaired) electrons. The molecule has 6 heteroatoms. The second-order valence-corrected chi connectivity index (χ2v) is 5.63. The number of ether oxygens (including phenoxy) is 1.